The Hall–Kier alpha value is -3.45. The third kappa shape index (κ3) is 5.85. The Bertz CT molecular complexity index is 1140. The van der Waals surface area contributed by atoms with Gasteiger partial charge in [-0.2, -0.15) is 39.5 Å². The van der Waals surface area contributed by atoms with E-state index in [0.29, 0.717) is 24.3 Å². The third-order valence-electron chi connectivity index (χ3n) is 5.56. The van der Waals surface area contributed by atoms with Crippen LogP contribution >= 0.6 is 0 Å². The highest BCUT2D eigenvalue weighted by atomic mass is 19.4. The molecule has 1 heterocycles. The van der Waals surface area contributed by atoms with Gasteiger partial charge in [-0.25, -0.2) is 4.79 Å². The van der Waals surface area contributed by atoms with Gasteiger partial charge in [-0.1, -0.05) is 0 Å². The van der Waals surface area contributed by atoms with E-state index in [1.807, 2.05) is 0 Å². The van der Waals surface area contributed by atoms with Crippen molar-refractivity contribution in [2.45, 2.75) is 50.4 Å². The molecule has 1 aliphatic rings. The summed E-state index contributed by atoms with van der Waals surface area (Å²) < 4.78 is 118. The molecule has 0 fully saturated rings. The normalized spacial score (nSPS) is 18.6. The average Bonchev–Trinajstić information content (AvgIpc) is 2.70. The summed E-state index contributed by atoms with van der Waals surface area (Å²) in [4.78, 5) is 25.0. The molecule has 0 aromatic heterocycles. The maximum atomic E-state index is 13.2. The molecule has 36 heavy (non-hydrogen) atoms. The molecular weight excluding hydrogens is 511 g/mol. The zero-order valence-electron chi connectivity index (χ0n) is 18.1. The summed E-state index contributed by atoms with van der Waals surface area (Å²) in [5.41, 5.74) is -5.34. The van der Waals surface area contributed by atoms with Gasteiger partial charge in [0.05, 0.1) is 34.8 Å². The molecule has 3 rings (SSSR count). The van der Waals surface area contributed by atoms with Gasteiger partial charge in [-0.3, -0.25) is 9.69 Å². The summed E-state index contributed by atoms with van der Waals surface area (Å²) in [6.07, 6.45) is -17.6. The van der Waals surface area contributed by atoms with Crippen molar-refractivity contribution in [2.75, 3.05) is 4.90 Å². The number of carbonyl (C=O) groups excluding carboxylic acids is 1. The summed E-state index contributed by atoms with van der Waals surface area (Å²) in [5, 5.41) is 11.8. The van der Waals surface area contributed by atoms with Crippen LogP contribution in [0, 0.1) is 0 Å². The lowest BCUT2D eigenvalue weighted by Gasteiger charge is -2.38. The van der Waals surface area contributed by atoms with Gasteiger partial charge in [-0.15, -0.1) is 0 Å². The standard InChI is InChI=1S/C22H17F9N2O3/c1-10-4-16(15-9-12(20(23,24)25)2-3-17(15)33(10)19(35)36)32-18(34)7-11-5-13(21(26,27)28)8-14(6-11)22(29,30)31/h2-3,5-6,8-10,16H,4,7H2,1H3,(H,32,34)(H,35,36). The number of fused-ring (bicyclic) bond motifs is 1. The van der Waals surface area contributed by atoms with Crippen molar-refractivity contribution in [1.29, 1.82) is 0 Å². The van der Waals surface area contributed by atoms with Crippen molar-refractivity contribution in [3.63, 3.8) is 0 Å². The molecule has 2 aromatic carbocycles. The second kappa shape index (κ2) is 9.21. The summed E-state index contributed by atoms with van der Waals surface area (Å²) in [5.74, 6) is -1.06. The minimum Gasteiger partial charge on any atom is -0.465 e. The number of alkyl halides is 9. The fourth-order valence-electron chi connectivity index (χ4n) is 4.02. The van der Waals surface area contributed by atoms with Crippen molar-refractivity contribution >= 4 is 17.7 Å². The molecule has 0 bridgehead atoms. The molecule has 0 spiro atoms. The van der Waals surface area contributed by atoms with E-state index in [4.69, 9.17) is 0 Å². The number of carbonyl (C=O) groups is 2. The van der Waals surface area contributed by atoms with Crippen LogP contribution in [0.25, 0.3) is 0 Å². The van der Waals surface area contributed by atoms with Crippen LogP contribution in [0.15, 0.2) is 36.4 Å². The number of halogens is 9. The predicted molar refractivity (Wildman–Crippen MR) is 107 cm³/mol. The molecule has 5 nitrogen and oxygen atoms in total. The van der Waals surface area contributed by atoms with Crippen LogP contribution in [-0.2, 0) is 29.7 Å². The van der Waals surface area contributed by atoms with E-state index >= 15 is 0 Å². The number of nitrogens with zero attached hydrogens (tertiary/aromatic N) is 1. The Morgan fingerprint density at radius 1 is 0.889 bits per heavy atom. The van der Waals surface area contributed by atoms with Crippen LogP contribution in [0.4, 0.5) is 50.0 Å². The van der Waals surface area contributed by atoms with E-state index < -0.39 is 71.3 Å². The zero-order valence-corrected chi connectivity index (χ0v) is 18.1. The van der Waals surface area contributed by atoms with E-state index in [9.17, 15) is 54.2 Å². The molecule has 0 saturated carbocycles. The molecule has 2 N–H and O–H groups in total. The second-order valence-corrected chi connectivity index (χ2v) is 8.22. The molecular formula is C22H17F9N2O3. The lowest BCUT2D eigenvalue weighted by Crippen LogP contribution is -2.46. The number of carboxylic acid groups (broad SMARTS) is 1. The van der Waals surface area contributed by atoms with Crippen LogP contribution in [0.3, 0.4) is 0 Å². The Morgan fingerprint density at radius 2 is 1.42 bits per heavy atom. The SMILES string of the molecule is CC1CC(NC(=O)Cc2cc(C(F)(F)F)cc(C(F)(F)F)c2)c2cc(C(F)(F)F)ccc2N1C(=O)O. The Labute approximate surface area is 197 Å². The van der Waals surface area contributed by atoms with Gasteiger partial charge >= 0.3 is 24.6 Å². The highest BCUT2D eigenvalue weighted by Crippen LogP contribution is 2.41. The number of rotatable bonds is 3. The van der Waals surface area contributed by atoms with Gasteiger partial charge in [0.1, 0.15) is 0 Å². The molecule has 2 unspecified atom stereocenters. The smallest absolute Gasteiger partial charge is 0.416 e. The van der Waals surface area contributed by atoms with Crippen molar-refractivity contribution in [2.24, 2.45) is 0 Å². The van der Waals surface area contributed by atoms with Crippen LogP contribution in [-0.4, -0.2) is 23.1 Å². The number of hydrogen-bond donors (Lipinski definition) is 2. The van der Waals surface area contributed by atoms with Crippen LogP contribution in [0.2, 0.25) is 0 Å². The molecule has 0 saturated heterocycles. The lowest BCUT2D eigenvalue weighted by molar-refractivity contribution is -0.143. The number of amides is 2. The van der Waals surface area contributed by atoms with Crippen LogP contribution in [0.1, 0.15) is 47.2 Å². The summed E-state index contributed by atoms with van der Waals surface area (Å²) in [7, 11) is 0. The van der Waals surface area contributed by atoms with Gasteiger partial charge in [-0.05, 0) is 60.9 Å². The molecule has 1 aliphatic heterocycles. The molecule has 0 radical (unpaired) electrons. The summed E-state index contributed by atoms with van der Waals surface area (Å²) >= 11 is 0. The van der Waals surface area contributed by atoms with Gasteiger partial charge in [0.15, 0.2) is 0 Å². The van der Waals surface area contributed by atoms with E-state index in [0.717, 1.165) is 11.0 Å². The first-order valence-electron chi connectivity index (χ1n) is 10.2. The highest BCUT2D eigenvalue weighted by molar-refractivity contribution is 5.89. The number of anilines is 1. The summed E-state index contributed by atoms with van der Waals surface area (Å²) in [6, 6.07) is 0.876. The quantitative estimate of drug-likeness (QED) is 0.452. The molecule has 2 atom stereocenters. The fraction of sp³-hybridized carbons (Fsp3) is 0.364. The highest BCUT2D eigenvalue weighted by Gasteiger charge is 2.39. The lowest BCUT2D eigenvalue weighted by atomic mass is 9.90. The largest absolute Gasteiger partial charge is 0.465 e. The average molecular weight is 528 g/mol. The first-order valence-corrected chi connectivity index (χ1v) is 10.2. The Morgan fingerprint density at radius 3 is 1.89 bits per heavy atom. The predicted octanol–water partition coefficient (Wildman–Crippen LogP) is 6.42. The minimum atomic E-state index is -5.13. The monoisotopic (exact) mass is 528 g/mol. The van der Waals surface area contributed by atoms with Crippen molar-refractivity contribution in [3.05, 3.63) is 64.2 Å². The van der Waals surface area contributed by atoms with E-state index in [-0.39, 0.29) is 23.7 Å². The number of hydrogen-bond acceptors (Lipinski definition) is 2. The molecule has 14 heteroatoms. The molecule has 0 aliphatic carbocycles. The van der Waals surface area contributed by atoms with Gasteiger partial charge in [0, 0.05) is 6.04 Å². The maximum absolute atomic E-state index is 13.2. The maximum Gasteiger partial charge on any atom is 0.416 e. The molecule has 196 valence electrons. The topological polar surface area (TPSA) is 69.6 Å². The van der Waals surface area contributed by atoms with Crippen molar-refractivity contribution < 1.29 is 54.2 Å². The molecule has 2 amide bonds. The van der Waals surface area contributed by atoms with E-state index in [2.05, 4.69) is 5.32 Å². The fourth-order valence-corrected chi connectivity index (χ4v) is 4.02. The van der Waals surface area contributed by atoms with E-state index in [1.165, 1.54) is 6.92 Å². The van der Waals surface area contributed by atoms with Crippen molar-refractivity contribution in [1.82, 2.24) is 5.32 Å². The number of nitrogens with one attached hydrogen (secondary N) is 1. The first kappa shape index (κ1) is 27.1. The van der Waals surface area contributed by atoms with Crippen LogP contribution in [0.5, 0.6) is 0 Å². The van der Waals surface area contributed by atoms with Crippen LogP contribution < -0.4 is 10.2 Å². The first-order chi connectivity index (χ1) is 16.4. The van der Waals surface area contributed by atoms with E-state index in [1.54, 1.807) is 0 Å². The zero-order chi connectivity index (χ0) is 27.2. The number of benzene rings is 2. The summed E-state index contributed by atoms with van der Waals surface area (Å²) in [6.45, 7) is 1.43. The Kier molecular flexibility index (Phi) is 6.94. The van der Waals surface area contributed by atoms with Gasteiger partial charge in [0.2, 0.25) is 5.91 Å². The minimum absolute atomic E-state index is 0.0976. The van der Waals surface area contributed by atoms with Crippen molar-refractivity contribution in [3.8, 4) is 0 Å². The van der Waals surface area contributed by atoms with Gasteiger partial charge < -0.3 is 10.4 Å². The Balaban J connectivity index is 1.95. The third-order valence-corrected chi connectivity index (χ3v) is 5.56. The van der Waals surface area contributed by atoms with Gasteiger partial charge in [0.25, 0.3) is 0 Å². The second-order valence-electron chi connectivity index (χ2n) is 8.22. The molecule has 2 aromatic rings.